The zero-order valence-corrected chi connectivity index (χ0v) is 18.6. The lowest BCUT2D eigenvalue weighted by Gasteiger charge is -2.24. The highest BCUT2D eigenvalue weighted by Gasteiger charge is 2.32. The van der Waals surface area contributed by atoms with E-state index in [0.29, 0.717) is 17.9 Å². The van der Waals surface area contributed by atoms with Crippen molar-refractivity contribution in [3.05, 3.63) is 71.3 Å². The molecule has 162 valence electrons. The van der Waals surface area contributed by atoms with Gasteiger partial charge in [0.05, 0.1) is 5.75 Å². The fraction of sp³-hybridized carbons (Fsp3) is 0.400. The monoisotopic (exact) mass is 435 g/mol. The summed E-state index contributed by atoms with van der Waals surface area (Å²) in [5.74, 6) is 0.491. The van der Waals surface area contributed by atoms with E-state index in [-0.39, 0.29) is 17.2 Å². The number of carbonyl (C=O) groups is 2. The van der Waals surface area contributed by atoms with Gasteiger partial charge >= 0.3 is 0 Å². The van der Waals surface area contributed by atoms with Crippen molar-refractivity contribution in [1.82, 2.24) is 10.3 Å². The molecule has 1 heterocycles. The molecule has 1 aliphatic heterocycles. The first kappa shape index (κ1) is 21.6. The summed E-state index contributed by atoms with van der Waals surface area (Å²) in [5.41, 5.74) is 6.68. The lowest BCUT2D eigenvalue weighted by Crippen LogP contribution is -2.30. The van der Waals surface area contributed by atoms with E-state index in [9.17, 15) is 9.59 Å². The van der Waals surface area contributed by atoms with E-state index in [1.54, 1.807) is 11.8 Å². The smallest absolute Gasteiger partial charge is 0.271 e. The number of hydrogen-bond donors (Lipinski definition) is 1. The van der Waals surface area contributed by atoms with Crippen molar-refractivity contribution in [2.45, 2.75) is 50.3 Å². The largest absolute Gasteiger partial charge is 0.326 e. The molecule has 6 heteroatoms. The van der Waals surface area contributed by atoms with Crippen LogP contribution in [0.1, 0.15) is 65.4 Å². The normalized spacial score (nSPS) is 19.2. The van der Waals surface area contributed by atoms with Crippen LogP contribution in [0.5, 0.6) is 0 Å². The molecule has 2 aliphatic rings. The van der Waals surface area contributed by atoms with Crippen molar-refractivity contribution in [2.24, 2.45) is 5.10 Å². The van der Waals surface area contributed by atoms with Gasteiger partial charge in [-0.25, -0.2) is 5.43 Å². The van der Waals surface area contributed by atoms with Gasteiger partial charge in [0.1, 0.15) is 5.37 Å². The Hall–Kier alpha value is -2.60. The first-order chi connectivity index (χ1) is 15.2. The molecule has 2 aromatic carbocycles. The van der Waals surface area contributed by atoms with Gasteiger partial charge in [-0.15, -0.1) is 11.8 Å². The second-order valence-corrected chi connectivity index (χ2v) is 9.21. The topological polar surface area (TPSA) is 61.8 Å². The standard InChI is InChI=1S/C25H29N3O2S/c29-23-18-31-25(28(23)17-16-19-8-4-3-5-9-19)21-14-12-20(13-15-21)24(30)27-26-22-10-6-1-2-7-11-22/h3-5,8-9,12-15,25H,1-2,6-7,10-11,16-18H2,(H,27,30)/t25-/m0/s1. The van der Waals surface area contributed by atoms with Gasteiger partial charge in [-0.1, -0.05) is 55.3 Å². The van der Waals surface area contributed by atoms with Crippen LogP contribution in [0.15, 0.2) is 59.7 Å². The Kier molecular flexibility index (Phi) is 7.41. The number of rotatable bonds is 6. The van der Waals surface area contributed by atoms with Gasteiger partial charge in [0.2, 0.25) is 5.91 Å². The van der Waals surface area contributed by atoms with E-state index >= 15 is 0 Å². The first-order valence-electron chi connectivity index (χ1n) is 11.1. The van der Waals surface area contributed by atoms with Gasteiger partial charge in [-0.2, -0.15) is 5.10 Å². The van der Waals surface area contributed by atoms with Crippen molar-refractivity contribution in [3.63, 3.8) is 0 Å². The molecule has 1 saturated heterocycles. The maximum atomic E-state index is 12.5. The van der Waals surface area contributed by atoms with Gasteiger partial charge in [0.15, 0.2) is 0 Å². The van der Waals surface area contributed by atoms with Crippen LogP contribution in [0.3, 0.4) is 0 Å². The summed E-state index contributed by atoms with van der Waals surface area (Å²) in [6.45, 7) is 0.695. The summed E-state index contributed by atoms with van der Waals surface area (Å²) >= 11 is 1.65. The van der Waals surface area contributed by atoms with E-state index < -0.39 is 0 Å². The average Bonchev–Trinajstić information content (AvgIpc) is 3.00. The van der Waals surface area contributed by atoms with Crippen molar-refractivity contribution in [3.8, 4) is 0 Å². The maximum absolute atomic E-state index is 12.5. The molecule has 1 aliphatic carbocycles. The highest BCUT2D eigenvalue weighted by Crippen LogP contribution is 2.38. The Bertz CT molecular complexity index is 918. The molecule has 0 unspecified atom stereocenters. The summed E-state index contributed by atoms with van der Waals surface area (Å²) in [5, 5.41) is 4.35. The molecule has 1 atom stereocenters. The third kappa shape index (κ3) is 5.76. The van der Waals surface area contributed by atoms with Crippen molar-refractivity contribution in [2.75, 3.05) is 12.3 Å². The molecule has 5 nitrogen and oxygen atoms in total. The van der Waals surface area contributed by atoms with Crippen molar-refractivity contribution < 1.29 is 9.59 Å². The fourth-order valence-corrected chi connectivity index (χ4v) is 5.33. The summed E-state index contributed by atoms with van der Waals surface area (Å²) in [6, 6.07) is 17.8. The summed E-state index contributed by atoms with van der Waals surface area (Å²) in [4.78, 5) is 26.9. The van der Waals surface area contributed by atoms with Crippen LogP contribution in [-0.4, -0.2) is 34.7 Å². The number of nitrogens with one attached hydrogen (secondary N) is 1. The second kappa shape index (κ2) is 10.6. The molecule has 0 bridgehead atoms. The van der Waals surface area contributed by atoms with Crippen LogP contribution in [0.2, 0.25) is 0 Å². The Morgan fingerprint density at radius 3 is 2.42 bits per heavy atom. The van der Waals surface area contributed by atoms with Crippen LogP contribution in [0, 0.1) is 0 Å². The predicted octanol–water partition coefficient (Wildman–Crippen LogP) is 4.94. The third-order valence-corrected chi connectivity index (χ3v) is 7.16. The molecule has 2 fully saturated rings. The molecule has 2 aromatic rings. The number of amides is 2. The van der Waals surface area contributed by atoms with Gasteiger partial charge < -0.3 is 4.90 Å². The van der Waals surface area contributed by atoms with Gasteiger partial charge in [-0.3, -0.25) is 9.59 Å². The minimum atomic E-state index is -0.181. The molecular weight excluding hydrogens is 406 g/mol. The average molecular weight is 436 g/mol. The number of benzene rings is 2. The predicted molar refractivity (Wildman–Crippen MR) is 126 cm³/mol. The van der Waals surface area contributed by atoms with Gasteiger partial charge in [0.25, 0.3) is 5.91 Å². The van der Waals surface area contributed by atoms with Gasteiger partial charge in [0, 0.05) is 17.8 Å². The quantitative estimate of drug-likeness (QED) is 0.516. The molecule has 2 amide bonds. The third-order valence-electron chi connectivity index (χ3n) is 5.91. The molecule has 31 heavy (non-hydrogen) atoms. The summed E-state index contributed by atoms with van der Waals surface area (Å²) in [6.07, 6.45) is 7.60. The lowest BCUT2D eigenvalue weighted by molar-refractivity contribution is -0.128. The molecule has 0 aromatic heterocycles. The van der Waals surface area contributed by atoms with Gasteiger partial charge in [-0.05, 0) is 55.4 Å². The van der Waals surface area contributed by atoms with Crippen LogP contribution in [-0.2, 0) is 11.2 Å². The summed E-state index contributed by atoms with van der Waals surface area (Å²) < 4.78 is 0. The van der Waals surface area contributed by atoms with Crippen LogP contribution in [0.4, 0.5) is 0 Å². The van der Waals surface area contributed by atoms with Crippen molar-refractivity contribution >= 4 is 29.3 Å². The second-order valence-electron chi connectivity index (χ2n) is 8.14. The van der Waals surface area contributed by atoms with E-state index in [2.05, 4.69) is 22.7 Å². The minimum absolute atomic E-state index is 0.000412. The molecule has 0 spiro atoms. The number of hydrogen-bond acceptors (Lipinski definition) is 4. The molecule has 4 rings (SSSR count). The minimum Gasteiger partial charge on any atom is -0.326 e. The van der Waals surface area contributed by atoms with Crippen LogP contribution >= 0.6 is 11.8 Å². The number of nitrogens with zero attached hydrogens (tertiary/aromatic N) is 2. The molecule has 0 radical (unpaired) electrons. The van der Waals surface area contributed by atoms with E-state index in [1.807, 2.05) is 47.4 Å². The Morgan fingerprint density at radius 1 is 1.00 bits per heavy atom. The zero-order chi connectivity index (χ0) is 21.5. The highest BCUT2D eigenvalue weighted by molar-refractivity contribution is 8.00. The zero-order valence-electron chi connectivity index (χ0n) is 17.8. The molecular formula is C25H29N3O2S. The number of carbonyl (C=O) groups excluding carboxylic acids is 2. The highest BCUT2D eigenvalue weighted by atomic mass is 32.2. The SMILES string of the molecule is O=C(NN=C1CCCCCC1)c1ccc([C@@H]2SCC(=O)N2CCc2ccccc2)cc1. The number of hydrazone groups is 1. The fourth-order valence-electron chi connectivity index (χ4n) is 4.11. The molecule has 1 saturated carbocycles. The van der Waals surface area contributed by atoms with E-state index in [0.717, 1.165) is 43.4 Å². The Balaban J connectivity index is 1.37. The first-order valence-corrected chi connectivity index (χ1v) is 12.2. The molecule has 1 N–H and O–H groups in total. The summed E-state index contributed by atoms with van der Waals surface area (Å²) in [7, 11) is 0. The number of thioether (sulfide) groups is 1. The van der Waals surface area contributed by atoms with Crippen molar-refractivity contribution in [1.29, 1.82) is 0 Å². The van der Waals surface area contributed by atoms with E-state index in [4.69, 9.17) is 0 Å². The van der Waals surface area contributed by atoms with E-state index in [1.165, 1.54) is 18.4 Å². The Labute approximate surface area is 188 Å². The lowest BCUT2D eigenvalue weighted by atomic mass is 10.1. The Morgan fingerprint density at radius 2 is 1.71 bits per heavy atom. The van der Waals surface area contributed by atoms with Crippen LogP contribution in [0.25, 0.3) is 0 Å². The van der Waals surface area contributed by atoms with Crippen LogP contribution < -0.4 is 5.43 Å². The maximum Gasteiger partial charge on any atom is 0.271 e.